The van der Waals surface area contributed by atoms with Crippen molar-refractivity contribution < 1.29 is 49.3 Å². The number of phenolic OH excluding ortho intramolecular Hbond substituents is 2. The van der Waals surface area contributed by atoms with Crippen molar-refractivity contribution >= 4 is 42.5 Å². The van der Waals surface area contributed by atoms with Crippen LogP contribution in [-0.2, 0) is 16.0 Å². The monoisotopic (exact) mass is 605 g/mol. The fourth-order valence-corrected chi connectivity index (χ4v) is 5.01. The van der Waals surface area contributed by atoms with Crippen molar-refractivity contribution in [3.8, 4) is 17.2 Å². The fraction of sp³-hybridized carbons (Fsp3) is 0.360. The Bertz CT molecular complexity index is 1400. The molecule has 2 unspecified atom stereocenters. The average Bonchev–Trinajstić information content (AvgIpc) is 2.95. The molecule has 1 fully saturated rings. The third-order valence-electron chi connectivity index (χ3n) is 6.97. The largest absolute Gasteiger partial charge is 0.547 e. The number of para-hydroxylation sites is 1. The summed E-state index contributed by atoms with van der Waals surface area (Å²) in [5, 5.41) is 55.0. The van der Waals surface area contributed by atoms with Gasteiger partial charge in [0.2, 0.25) is 12.1 Å². The highest BCUT2D eigenvalue weighted by atomic mass is 35.5. The second-order valence-electron chi connectivity index (χ2n) is 9.68. The molecule has 42 heavy (non-hydrogen) atoms. The van der Waals surface area contributed by atoms with Gasteiger partial charge in [0, 0.05) is 25.2 Å². The molecule has 17 heteroatoms. The zero-order chi connectivity index (χ0) is 30.7. The number of fused-ring (bicyclic) bond motifs is 1. The Morgan fingerprint density at radius 1 is 1.19 bits per heavy atom. The van der Waals surface area contributed by atoms with E-state index < -0.39 is 65.7 Å². The topological polar surface area (TPSA) is 235 Å². The second-order valence-corrected chi connectivity index (χ2v) is 10.1. The Morgan fingerprint density at radius 3 is 2.62 bits per heavy atom. The number of amides is 4. The lowest BCUT2D eigenvalue weighted by atomic mass is 9.72. The molecule has 0 spiro atoms. The first kappa shape index (κ1) is 30.7. The fourth-order valence-electron chi connectivity index (χ4n) is 4.74. The van der Waals surface area contributed by atoms with Crippen molar-refractivity contribution in [3.05, 3.63) is 52.0 Å². The first-order chi connectivity index (χ1) is 19.9. The summed E-state index contributed by atoms with van der Waals surface area (Å²) in [6.45, 7) is 0.640. The number of aliphatic hydroxyl groups is 1. The molecule has 0 radical (unpaired) electrons. The van der Waals surface area contributed by atoms with Crippen LogP contribution in [0.1, 0.15) is 33.9 Å². The number of hydrogen-bond donors (Lipinski definition) is 8. The lowest BCUT2D eigenvalue weighted by molar-refractivity contribution is -0.154. The molecule has 1 saturated heterocycles. The molecule has 2 heterocycles. The zero-order valence-electron chi connectivity index (χ0n) is 22.1. The van der Waals surface area contributed by atoms with E-state index in [1.807, 2.05) is 0 Å². The van der Waals surface area contributed by atoms with E-state index in [4.69, 9.17) is 22.0 Å². The van der Waals surface area contributed by atoms with Crippen LogP contribution in [0.2, 0.25) is 5.02 Å². The molecule has 2 aliphatic rings. The van der Waals surface area contributed by atoms with Gasteiger partial charge in [-0.15, -0.1) is 0 Å². The number of nitrogens with two attached hydrogens (primary N) is 1. The molecule has 15 nitrogen and oxygen atoms in total. The molecule has 2 aromatic carbocycles. The first-order valence-electron chi connectivity index (χ1n) is 12.9. The van der Waals surface area contributed by atoms with Crippen LogP contribution >= 0.6 is 11.6 Å². The molecule has 0 bridgehead atoms. The number of aromatic carboxylic acids is 1. The molecular weight excluding hydrogens is 577 g/mol. The number of aromatic hydroxyl groups is 2. The van der Waals surface area contributed by atoms with Crippen LogP contribution < -0.4 is 21.0 Å². The van der Waals surface area contributed by atoms with Crippen LogP contribution in [0.3, 0.4) is 0 Å². The van der Waals surface area contributed by atoms with Gasteiger partial charge in [0.25, 0.3) is 5.91 Å². The van der Waals surface area contributed by atoms with Gasteiger partial charge >= 0.3 is 19.1 Å². The minimum Gasteiger partial charge on any atom is -0.534 e. The normalized spacial score (nSPS) is 19.0. The van der Waals surface area contributed by atoms with Crippen LogP contribution in [0, 0.1) is 0 Å². The number of carboxylic acids is 1. The highest BCUT2D eigenvalue weighted by Crippen LogP contribution is 2.38. The lowest BCUT2D eigenvalue weighted by Crippen LogP contribution is -2.62. The Morgan fingerprint density at radius 2 is 1.93 bits per heavy atom. The van der Waals surface area contributed by atoms with Gasteiger partial charge in [-0.2, -0.15) is 0 Å². The van der Waals surface area contributed by atoms with Gasteiger partial charge in [0.15, 0.2) is 11.5 Å². The third-order valence-corrected chi connectivity index (χ3v) is 7.37. The zero-order valence-corrected chi connectivity index (χ0v) is 22.8. The van der Waals surface area contributed by atoms with E-state index in [0.29, 0.717) is 18.5 Å². The van der Waals surface area contributed by atoms with Crippen molar-refractivity contribution in [3.63, 3.8) is 0 Å². The van der Waals surface area contributed by atoms with E-state index >= 15 is 0 Å². The van der Waals surface area contributed by atoms with Gasteiger partial charge in [0.1, 0.15) is 11.8 Å². The maximum absolute atomic E-state index is 13.6. The predicted molar refractivity (Wildman–Crippen MR) is 147 cm³/mol. The number of carbonyl (C=O) groups is 4. The van der Waals surface area contributed by atoms with E-state index in [9.17, 15) is 44.6 Å². The molecule has 4 amide bonds. The Hall–Kier alpha value is -4.25. The molecular formula is C25H29BClN5O10. The summed E-state index contributed by atoms with van der Waals surface area (Å²) in [6, 6.07) is 3.88. The van der Waals surface area contributed by atoms with Crippen molar-refractivity contribution in [2.75, 3.05) is 26.2 Å². The number of urea groups is 1. The molecule has 0 aromatic heterocycles. The summed E-state index contributed by atoms with van der Waals surface area (Å²) >= 11 is 6.21. The Labute approximate surface area is 244 Å². The lowest BCUT2D eigenvalue weighted by Gasteiger charge is -2.38. The number of carboxylic acid groups (broad SMARTS) is 1. The van der Waals surface area contributed by atoms with Crippen molar-refractivity contribution in [1.82, 2.24) is 20.4 Å². The molecule has 9 N–H and O–H groups in total. The highest BCUT2D eigenvalue weighted by molar-refractivity contribution is 6.47. The van der Waals surface area contributed by atoms with Crippen LogP contribution in [0.4, 0.5) is 4.79 Å². The van der Waals surface area contributed by atoms with Crippen molar-refractivity contribution in [2.24, 2.45) is 5.73 Å². The molecule has 2 aromatic rings. The van der Waals surface area contributed by atoms with E-state index in [0.717, 1.165) is 11.0 Å². The summed E-state index contributed by atoms with van der Waals surface area (Å²) in [5.74, 6) is -5.46. The SMILES string of the molecule is NCCCN1CCN(C(=O)NC(C(=O)N[C@H]2Cc3cccc(C(=O)O)c3OB2O)c2ccc(O)c(O)c2Cl)C(O)C1=O. The Kier molecular flexibility index (Phi) is 9.31. The first-order valence-corrected chi connectivity index (χ1v) is 13.3. The average molecular weight is 606 g/mol. The molecule has 3 atom stereocenters. The third kappa shape index (κ3) is 6.16. The number of hydrogen-bond acceptors (Lipinski definition) is 10. The van der Waals surface area contributed by atoms with Gasteiger partial charge in [0.05, 0.1) is 16.5 Å². The smallest absolute Gasteiger partial charge is 0.534 e. The summed E-state index contributed by atoms with van der Waals surface area (Å²) in [7, 11) is -1.68. The summed E-state index contributed by atoms with van der Waals surface area (Å²) in [4.78, 5) is 53.1. The number of carbonyl (C=O) groups excluding carboxylic acids is 3. The van der Waals surface area contributed by atoms with Gasteiger partial charge in [-0.1, -0.05) is 29.8 Å². The predicted octanol–water partition coefficient (Wildman–Crippen LogP) is -0.849. The second kappa shape index (κ2) is 12.7. The van der Waals surface area contributed by atoms with Gasteiger partial charge in [-0.25, -0.2) is 9.59 Å². The van der Waals surface area contributed by atoms with Gasteiger partial charge in [-0.05, 0) is 37.1 Å². The maximum Gasteiger partial charge on any atom is 0.547 e. The van der Waals surface area contributed by atoms with E-state index in [1.165, 1.54) is 23.1 Å². The summed E-state index contributed by atoms with van der Waals surface area (Å²) in [6.07, 6.45) is -1.40. The van der Waals surface area contributed by atoms with Crippen LogP contribution in [0.15, 0.2) is 30.3 Å². The minimum atomic E-state index is -1.85. The number of piperazine rings is 1. The molecule has 2 aliphatic heterocycles. The summed E-state index contributed by atoms with van der Waals surface area (Å²) < 4.78 is 5.40. The molecule has 224 valence electrons. The van der Waals surface area contributed by atoms with Crippen molar-refractivity contribution in [2.45, 2.75) is 31.1 Å². The number of rotatable bonds is 8. The van der Waals surface area contributed by atoms with Gasteiger partial charge < -0.3 is 51.4 Å². The van der Waals surface area contributed by atoms with E-state index in [1.54, 1.807) is 6.07 Å². The van der Waals surface area contributed by atoms with Gasteiger partial charge in [-0.3, -0.25) is 14.5 Å². The molecule has 4 rings (SSSR count). The van der Waals surface area contributed by atoms with Crippen LogP contribution in [0.25, 0.3) is 0 Å². The minimum absolute atomic E-state index is 0.0451. The molecule has 0 saturated carbocycles. The standard InChI is InChI=1S/C25H29BClN5O10/c27-17-13(5-6-15(33)19(17)34)18(30-25(40)32-10-9-31(8-2-7-28)22(36)23(32)37)21(35)29-16-11-12-3-1-4-14(24(38)39)20(12)42-26(16)41/h1,3-6,16,18,23,33-34,37,41H,2,7-11,28H2,(H,29,35)(H,30,40)(H,38,39)/t16-,18?,23?/m0/s1. The number of benzene rings is 2. The van der Waals surface area contributed by atoms with Crippen LogP contribution in [-0.4, -0.2) is 105 Å². The van der Waals surface area contributed by atoms with E-state index in [-0.39, 0.29) is 42.9 Å². The van der Waals surface area contributed by atoms with E-state index in [2.05, 4.69) is 10.6 Å². The number of aliphatic hydroxyl groups excluding tert-OH is 1. The van der Waals surface area contributed by atoms with Crippen LogP contribution in [0.5, 0.6) is 17.2 Å². The number of nitrogens with zero attached hydrogens (tertiary/aromatic N) is 2. The molecule has 0 aliphatic carbocycles. The quantitative estimate of drug-likeness (QED) is 0.136. The Balaban J connectivity index is 1.58. The number of halogens is 1. The maximum atomic E-state index is 13.6. The number of nitrogens with one attached hydrogen (secondary N) is 2. The number of phenols is 2. The highest BCUT2D eigenvalue weighted by Gasteiger charge is 2.41. The van der Waals surface area contributed by atoms with Crippen molar-refractivity contribution in [1.29, 1.82) is 0 Å². The summed E-state index contributed by atoms with van der Waals surface area (Å²) in [5.41, 5.74) is 5.55.